The van der Waals surface area contributed by atoms with Gasteiger partial charge in [-0.2, -0.15) is 4.31 Å². The van der Waals surface area contributed by atoms with Crippen LogP contribution in [0.1, 0.15) is 35.4 Å². The Labute approximate surface area is 158 Å². The number of sulfonamides is 1. The summed E-state index contributed by atoms with van der Waals surface area (Å²) < 4.78 is 41.8. The van der Waals surface area contributed by atoms with E-state index in [1.165, 1.54) is 16.4 Å². The van der Waals surface area contributed by atoms with E-state index in [2.05, 4.69) is 0 Å². The van der Waals surface area contributed by atoms with E-state index in [4.69, 9.17) is 0 Å². The Morgan fingerprint density at radius 2 is 1.81 bits per heavy atom. The SMILES string of the molecule is CCCS(=O)(=O)N1C[C@@H]2[C@@H](C1)n1cccc1C(=O)N2Cc1ccc(F)cc1. The highest BCUT2D eigenvalue weighted by Gasteiger charge is 2.47. The third-order valence-electron chi connectivity index (χ3n) is 5.36. The molecule has 0 radical (unpaired) electrons. The zero-order valence-electron chi connectivity index (χ0n) is 15.1. The molecule has 0 aliphatic carbocycles. The fraction of sp³-hybridized carbons (Fsp3) is 0.421. The van der Waals surface area contributed by atoms with E-state index in [0.29, 0.717) is 25.2 Å². The third-order valence-corrected chi connectivity index (χ3v) is 7.37. The first-order valence-electron chi connectivity index (χ1n) is 9.11. The molecular formula is C19H22FN3O3S. The molecule has 1 aromatic heterocycles. The molecule has 1 amide bonds. The smallest absolute Gasteiger partial charge is 0.271 e. The summed E-state index contributed by atoms with van der Waals surface area (Å²) in [4.78, 5) is 14.8. The molecule has 0 spiro atoms. The van der Waals surface area contributed by atoms with Gasteiger partial charge < -0.3 is 9.47 Å². The molecule has 0 N–H and O–H groups in total. The molecule has 8 heteroatoms. The van der Waals surface area contributed by atoms with Gasteiger partial charge in [0.15, 0.2) is 0 Å². The topological polar surface area (TPSA) is 62.6 Å². The lowest BCUT2D eigenvalue weighted by Crippen LogP contribution is -2.49. The number of nitrogens with zero attached hydrogens (tertiary/aromatic N) is 3. The number of aromatic nitrogens is 1. The highest BCUT2D eigenvalue weighted by Crippen LogP contribution is 2.35. The Morgan fingerprint density at radius 1 is 1.11 bits per heavy atom. The Bertz CT molecular complexity index is 955. The summed E-state index contributed by atoms with van der Waals surface area (Å²) in [5, 5.41) is 0. The molecule has 2 aromatic rings. The maximum absolute atomic E-state index is 13.2. The molecule has 2 aliphatic heterocycles. The Morgan fingerprint density at radius 3 is 2.52 bits per heavy atom. The normalized spacial score (nSPS) is 22.7. The lowest BCUT2D eigenvalue weighted by atomic mass is 10.0. The van der Waals surface area contributed by atoms with Crippen molar-refractivity contribution < 1.29 is 17.6 Å². The molecular weight excluding hydrogens is 369 g/mol. The van der Waals surface area contributed by atoms with Gasteiger partial charge in [-0.1, -0.05) is 19.1 Å². The molecule has 4 rings (SSSR count). The molecule has 0 unspecified atom stereocenters. The number of halogens is 1. The van der Waals surface area contributed by atoms with Crippen molar-refractivity contribution >= 4 is 15.9 Å². The number of amides is 1. The van der Waals surface area contributed by atoms with Crippen LogP contribution in [-0.2, 0) is 16.6 Å². The van der Waals surface area contributed by atoms with Crippen LogP contribution in [0.25, 0.3) is 0 Å². The Balaban J connectivity index is 1.68. The minimum atomic E-state index is -3.34. The number of hydrogen-bond acceptors (Lipinski definition) is 3. The largest absolute Gasteiger partial charge is 0.337 e. The Hall–Kier alpha value is -2.19. The second kappa shape index (κ2) is 6.76. The van der Waals surface area contributed by atoms with Crippen molar-refractivity contribution in [1.29, 1.82) is 0 Å². The van der Waals surface area contributed by atoms with Gasteiger partial charge in [0.1, 0.15) is 11.5 Å². The van der Waals surface area contributed by atoms with Crippen LogP contribution in [0.2, 0.25) is 0 Å². The number of rotatable bonds is 5. The summed E-state index contributed by atoms with van der Waals surface area (Å²) in [5.41, 5.74) is 1.38. The predicted octanol–water partition coefficient (Wildman–Crippen LogP) is 2.25. The molecule has 1 fully saturated rings. The van der Waals surface area contributed by atoms with E-state index in [0.717, 1.165) is 5.56 Å². The minimum absolute atomic E-state index is 0.108. The van der Waals surface area contributed by atoms with Crippen LogP contribution in [0, 0.1) is 5.82 Å². The number of benzene rings is 1. The summed E-state index contributed by atoms with van der Waals surface area (Å²) in [6, 6.07) is 9.29. The molecule has 6 nitrogen and oxygen atoms in total. The molecule has 2 atom stereocenters. The predicted molar refractivity (Wildman–Crippen MR) is 99.2 cm³/mol. The molecule has 1 saturated heterocycles. The van der Waals surface area contributed by atoms with Crippen LogP contribution in [0.15, 0.2) is 42.6 Å². The molecule has 3 heterocycles. The zero-order chi connectivity index (χ0) is 19.2. The van der Waals surface area contributed by atoms with Crippen molar-refractivity contribution in [3.05, 3.63) is 59.7 Å². The molecule has 0 saturated carbocycles. The molecule has 2 aliphatic rings. The van der Waals surface area contributed by atoms with E-state index in [9.17, 15) is 17.6 Å². The molecule has 27 heavy (non-hydrogen) atoms. The van der Waals surface area contributed by atoms with Crippen molar-refractivity contribution in [2.24, 2.45) is 0 Å². The van der Waals surface area contributed by atoms with Crippen LogP contribution in [0.5, 0.6) is 0 Å². The second-order valence-corrected chi connectivity index (χ2v) is 9.22. The van der Waals surface area contributed by atoms with Crippen LogP contribution < -0.4 is 0 Å². The average Bonchev–Trinajstić information content (AvgIpc) is 3.27. The lowest BCUT2D eigenvalue weighted by Gasteiger charge is -2.38. The number of hydrogen-bond donors (Lipinski definition) is 0. The summed E-state index contributed by atoms with van der Waals surface area (Å²) in [6.45, 7) is 2.82. The lowest BCUT2D eigenvalue weighted by molar-refractivity contribution is 0.0559. The molecule has 0 bridgehead atoms. The van der Waals surface area contributed by atoms with Gasteiger partial charge in [-0.3, -0.25) is 4.79 Å². The molecule has 144 valence electrons. The fourth-order valence-electron chi connectivity index (χ4n) is 4.07. The van der Waals surface area contributed by atoms with Gasteiger partial charge in [0.25, 0.3) is 5.91 Å². The quantitative estimate of drug-likeness (QED) is 0.785. The summed E-state index contributed by atoms with van der Waals surface area (Å²) in [5.74, 6) is -0.342. The van der Waals surface area contributed by atoms with Crippen molar-refractivity contribution in [2.45, 2.75) is 32.0 Å². The maximum atomic E-state index is 13.2. The number of fused-ring (bicyclic) bond motifs is 3. The number of carbonyl (C=O) groups is 1. The zero-order valence-corrected chi connectivity index (χ0v) is 15.9. The van der Waals surface area contributed by atoms with Crippen molar-refractivity contribution in [3.8, 4) is 0 Å². The average molecular weight is 391 g/mol. The standard InChI is InChI=1S/C19H22FN3O3S/c1-2-10-27(25,26)21-12-17-18(13-21)23(11-14-5-7-15(20)8-6-14)19(24)16-4-3-9-22(16)17/h3-9,17-18H,2,10-13H2,1H3/t17-,18-/m1/s1. The first kappa shape index (κ1) is 18.2. The summed E-state index contributed by atoms with van der Waals surface area (Å²) in [7, 11) is -3.34. The number of carbonyl (C=O) groups excluding carboxylic acids is 1. The van der Waals surface area contributed by atoms with Gasteiger partial charge in [0, 0.05) is 25.8 Å². The monoisotopic (exact) mass is 391 g/mol. The fourth-order valence-corrected chi connectivity index (χ4v) is 5.60. The highest BCUT2D eigenvalue weighted by molar-refractivity contribution is 7.89. The van der Waals surface area contributed by atoms with Gasteiger partial charge in [0.05, 0.1) is 17.8 Å². The van der Waals surface area contributed by atoms with Crippen LogP contribution in [0.3, 0.4) is 0 Å². The minimum Gasteiger partial charge on any atom is -0.337 e. The third kappa shape index (κ3) is 3.17. The van der Waals surface area contributed by atoms with Gasteiger partial charge in [-0.25, -0.2) is 12.8 Å². The van der Waals surface area contributed by atoms with Crippen molar-refractivity contribution in [2.75, 3.05) is 18.8 Å². The van der Waals surface area contributed by atoms with Gasteiger partial charge >= 0.3 is 0 Å². The first-order valence-corrected chi connectivity index (χ1v) is 10.7. The van der Waals surface area contributed by atoms with E-state index in [1.807, 2.05) is 23.8 Å². The first-order chi connectivity index (χ1) is 12.9. The maximum Gasteiger partial charge on any atom is 0.271 e. The van der Waals surface area contributed by atoms with Gasteiger partial charge in [0.2, 0.25) is 10.0 Å². The van der Waals surface area contributed by atoms with E-state index < -0.39 is 10.0 Å². The summed E-state index contributed by atoms with van der Waals surface area (Å²) in [6.07, 6.45) is 2.40. The van der Waals surface area contributed by atoms with E-state index >= 15 is 0 Å². The molecule has 1 aromatic carbocycles. The second-order valence-electron chi connectivity index (χ2n) is 7.13. The van der Waals surface area contributed by atoms with Crippen molar-refractivity contribution in [3.63, 3.8) is 0 Å². The van der Waals surface area contributed by atoms with Crippen LogP contribution in [0.4, 0.5) is 4.39 Å². The van der Waals surface area contributed by atoms with Crippen LogP contribution in [-0.4, -0.2) is 53.0 Å². The van der Waals surface area contributed by atoms with Gasteiger partial charge in [-0.15, -0.1) is 0 Å². The van der Waals surface area contributed by atoms with Gasteiger partial charge in [-0.05, 0) is 36.2 Å². The van der Waals surface area contributed by atoms with Crippen LogP contribution >= 0.6 is 0 Å². The van der Waals surface area contributed by atoms with Crippen molar-refractivity contribution in [1.82, 2.24) is 13.8 Å². The summed E-state index contributed by atoms with van der Waals surface area (Å²) >= 11 is 0. The Kier molecular flexibility index (Phi) is 4.55. The highest BCUT2D eigenvalue weighted by atomic mass is 32.2. The van der Waals surface area contributed by atoms with E-state index in [1.54, 1.807) is 23.1 Å². The van der Waals surface area contributed by atoms with E-state index in [-0.39, 0.29) is 36.1 Å².